The quantitative estimate of drug-likeness (QED) is 0.872. The largest absolute Gasteiger partial charge is 0.493 e. The maximum Gasteiger partial charge on any atom is 0.161 e. The van der Waals surface area contributed by atoms with Crippen molar-refractivity contribution in [1.82, 2.24) is 4.90 Å². The zero-order chi connectivity index (χ0) is 17.1. The van der Waals surface area contributed by atoms with Gasteiger partial charge < -0.3 is 14.4 Å². The molecule has 24 heavy (non-hydrogen) atoms. The van der Waals surface area contributed by atoms with E-state index in [4.69, 9.17) is 9.47 Å². The van der Waals surface area contributed by atoms with E-state index >= 15 is 0 Å². The summed E-state index contributed by atoms with van der Waals surface area (Å²) in [5.41, 5.74) is 3.98. The molecule has 0 bridgehead atoms. The van der Waals surface area contributed by atoms with Crippen molar-refractivity contribution >= 4 is 11.5 Å². The van der Waals surface area contributed by atoms with Crippen LogP contribution in [0.4, 0.5) is 0 Å². The first-order valence-corrected chi connectivity index (χ1v) is 7.76. The zero-order valence-corrected chi connectivity index (χ0v) is 14.4. The number of hydrogen-bond acceptors (Lipinski definition) is 5. The summed E-state index contributed by atoms with van der Waals surface area (Å²) in [6.07, 6.45) is 0.683. The smallest absolute Gasteiger partial charge is 0.161 e. The molecule has 1 aliphatic heterocycles. The van der Waals surface area contributed by atoms with Crippen LogP contribution >= 0.6 is 0 Å². The molecule has 0 amide bonds. The molecular weight excluding hydrogens is 302 g/mol. The first-order valence-electron chi connectivity index (χ1n) is 7.76. The fraction of sp³-hybridized carbons (Fsp3) is 0.263. The zero-order valence-electron chi connectivity index (χ0n) is 14.4. The molecule has 0 spiro atoms. The van der Waals surface area contributed by atoms with Gasteiger partial charge in [-0.1, -0.05) is 30.3 Å². The number of likely N-dealkylation sites (N-methyl/N-ethyl adjacent to an activating group) is 1. The number of fused-ring (bicyclic) bond motifs is 1. The van der Waals surface area contributed by atoms with Crippen molar-refractivity contribution in [1.29, 1.82) is 0 Å². The second-order valence-corrected chi connectivity index (χ2v) is 5.77. The molecule has 2 aromatic rings. The number of hydrogen-bond donors (Lipinski definition) is 0. The van der Waals surface area contributed by atoms with Crippen molar-refractivity contribution in [2.24, 2.45) is 10.2 Å². The van der Waals surface area contributed by atoms with Crippen LogP contribution < -0.4 is 9.47 Å². The first-order chi connectivity index (χ1) is 11.6. The Labute approximate surface area is 142 Å². The summed E-state index contributed by atoms with van der Waals surface area (Å²) in [6, 6.07) is 14.1. The van der Waals surface area contributed by atoms with Crippen LogP contribution in [-0.2, 0) is 6.42 Å². The highest BCUT2D eigenvalue weighted by atomic mass is 16.5. The Balaban J connectivity index is 2.22. The van der Waals surface area contributed by atoms with Crippen molar-refractivity contribution in [2.45, 2.75) is 6.42 Å². The molecule has 3 rings (SSSR count). The second-order valence-electron chi connectivity index (χ2n) is 5.77. The van der Waals surface area contributed by atoms with Crippen LogP contribution in [0.5, 0.6) is 11.5 Å². The number of ether oxygens (including phenoxy) is 2. The van der Waals surface area contributed by atoms with Gasteiger partial charge in [0.2, 0.25) is 0 Å². The summed E-state index contributed by atoms with van der Waals surface area (Å²) in [6.45, 7) is 0. The van der Waals surface area contributed by atoms with Crippen LogP contribution in [0.25, 0.3) is 0 Å². The SMILES string of the molecule is COc1cc2c(cc1OC)C(c1ccccc1)=NN=C(N(C)C)C2. The van der Waals surface area contributed by atoms with Crippen LogP contribution in [0.1, 0.15) is 16.7 Å². The first kappa shape index (κ1) is 16.1. The van der Waals surface area contributed by atoms with Crippen molar-refractivity contribution in [3.63, 3.8) is 0 Å². The summed E-state index contributed by atoms with van der Waals surface area (Å²) in [7, 11) is 7.24. The van der Waals surface area contributed by atoms with E-state index in [2.05, 4.69) is 10.2 Å². The van der Waals surface area contributed by atoms with Gasteiger partial charge in [-0.05, 0) is 17.7 Å². The van der Waals surface area contributed by atoms with E-state index in [0.29, 0.717) is 17.9 Å². The number of amidine groups is 1. The fourth-order valence-corrected chi connectivity index (χ4v) is 2.71. The third kappa shape index (κ3) is 2.97. The van der Waals surface area contributed by atoms with Crippen molar-refractivity contribution in [3.8, 4) is 11.5 Å². The average molecular weight is 323 g/mol. The Bertz CT molecular complexity index is 796. The lowest BCUT2D eigenvalue weighted by atomic mass is 9.95. The monoisotopic (exact) mass is 323 g/mol. The standard InChI is InChI=1S/C19H21N3O2/c1-22(2)18-11-14-10-16(23-3)17(24-4)12-15(14)19(21-20-18)13-8-6-5-7-9-13/h5-10,12H,11H2,1-4H3. The second kappa shape index (κ2) is 6.74. The van der Waals surface area contributed by atoms with Crippen molar-refractivity contribution < 1.29 is 9.47 Å². The molecule has 0 atom stereocenters. The van der Waals surface area contributed by atoms with Gasteiger partial charge in [-0.3, -0.25) is 0 Å². The maximum atomic E-state index is 5.47. The highest BCUT2D eigenvalue weighted by Crippen LogP contribution is 2.33. The number of rotatable bonds is 3. The van der Waals surface area contributed by atoms with E-state index in [1.54, 1.807) is 14.2 Å². The predicted molar refractivity (Wildman–Crippen MR) is 96.5 cm³/mol. The molecule has 0 unspecified atom stereocenters. The minimum Gasteiger partial charge on any atom is -0.493 e. The molecule has 2 aromatic carbocycles. The Kier molecular flexibility index (Phi) is 4.51. The maximum absolute atomic E-state index is 5.47. The normalized spacial score (nSPS) is 13.3. The molecule has 0 aliphatic carbocycles. The summed E-state index contributed by atoms with van der Waals surface area (Å²) < 4.78 is 10.9. The summed E-state index contributed by atoms with van der Waals surface area (Å²) in [4.78, 5) is 1.98. The Hall–Kier alpha value is -2.82. The summed E-state index contributed by atoms with van der Waals surface area (Å²) in [5.74, 6) is 2.30. The number of nitrogens with zero attached hydrogens (tertiary/aromatic N) is 3. The van der Waals surface area contributed by atoms with Crippen molar-refractivity contribution in [2.75, 3.05) is 28.3 Å². The molecule has 0 aromatic heterocycles. The molecule has 124 valence electrons. The molecule has 0 fully saturated rings. The fourth-order valence-electron chi connectivity index (χ4n) is 2.71. The molecule has 0 radical (unpaired) electrons. The molecule has 0 N–H and O–H groups in total. The summed E-state index contributed by atoms with van der Waals surface area (Å²) >= 11 is 0. The van der Waals surface area contributed by atoms with Crippen LogP contribution in [0.3, 0.4) is 0 Å². The molecule has 0 saturated heterocycles. The van der Waals surface area contributed by atoms with Gasteiger partial charge in [0.1, 0.15) is 11.5 Å². The van der Waals surface area contributed by atoms with Crippen LogP contribution in [0, 0.1) is 0 Å². The number of benzene rings is 2. The van der Waals surface area contributed by atoms with E-state index < -0.39 is 0 Å². The minimum absolute atomic E-state index is 0.683. The van der Waals surface area contributed by atoms with Gasteiger partial charge in [-0.2, -0.15) is 0 Å². The van der Waals surface area contributed by atoms with Crippen molar-refractivity contribution in [3.05, 3.63) is 59.2 Å². The van der Waals surface area contributed by atoms with E-state index in [0.717, 1.165) is 28.2 Å². The average Bonchev–Trinajstić information content (AvgIpc) is 2.80. The highest BCUT2D eigenvalue weighted by Gasteiger charge is 2.21. The predicted octanol–water partition coefficient (Wildman–Crippen LogP) is 2.97. The highest BCUT2D eigenvalue weighted by molar-refractivity contribution is 6.15. The van der Waals surface area contributed by atoms with E-state index in [1.807, 2.05) is 61.5 Å². The lowest BCUT2D eigenvalue weighted by Gasteiger charge is -2.17. The molecular formula is C19H21N3O2. The van der Waals surface area contributed by atoms with Gasteiger partial charge >= 0.3 is 0 Å². The van der Waals surface area contributed by atoms with Gasteiger partial charge in [0.05, 0.1) is 14.2 Å². The van der Waals surface area contributed by atoms with Gasteiger partial charge in [0.15, 0.2) is 11.5 Å². The Morgan fingerprint density at radius 1 is 0.917 bits per heavy atom. The van der Waals surface area contributed by atoms with Gasteiger partial charge in [0.25, 0.3) is 0 Å². The molecule has 1 aliphatic rings. The topological polar surface area (TPSA) is 46.4 Å². The molecule has 1 heterocycles. The Morgan fingerprint density at radius 3 is 2.21 bits per heavy atom. The molecule has 5 heteroatoms. The van der Waals surface area contributed by atoms with Crippen LogP contribution in [0.2, 0.25) is 0 Å². The lowest BCUT2D eigenvalue weighted by Crippen LogP contribution is -2.23. The van der Waals surface area contributed by atoms with E-state index in [1.165, 1.54) is 0 Å². The minimum atomic E-state index is 0.683. The molecule has 5 nitrogen and oxygen atoms in total. The third-order valence-electron chi connectivity index (χ3n) is 4.04. The van der Waals surface area contributed by atoms with Crippen LogP contribution in [-0.4, -0.2) is 44.8 Å². The van der Waals surface area contributed by atoms with Crippen LogP contribution in [0.15, 0.2) is 52.7 Å². The lowest BCUT2D eigenvalue weighted by molar-refractivity contribution is 0.354. The van der Waals surface area contributed by atoms with Gasteiger partial charge in [-0.15, -0.1) is 10.2 Å². The van der Waals surface area contributed by atoms with E-state index in [9.17, 15) is 0 Å². The Morgan fingerprint density at radius 2 is 1.58 bits per heavy atom. The van der Waals surface area contributed by atoms with Gasteiger partial charge in [0, 0.05) is 31.6 Å². The summed E-state index contributed by atoms with van der Waals surface area (Å²) in [5, 5.41) is 8.99. The molecule has 0 saturated carbocycles. The number of methoxy groups -OCH3 is 2. The van der Waals surface area contributed by atoms with E-state index in [-0.39, 0.29) is 0 Å². The third-order valence-corrected chi connectivity index (χ3v) is 4.04. The van der Waals surface area contributed by atoms with Gasteiger partial charge in [-0.25, -0.2) is 0 Å².